The van der Waals surface area contributed by atoms with Gasteiger partial charge in [0.2, 0.25) is 5.91 Å². The number of benzene rings is 2. The van der Waals surface area contributed by atoms with Gasteiger partial charge in [-0.15, -0.1) is 0 Å². The molecule has 0 aliphatic carbocycles. The monoisotopic (exact) mass is 677 g/mol. The molecule has 9 nitrogen and oxygen atoms in total. The van der Waals surface area contributed by atoms with Crippen molar-refractivity contribution in [3.63, 3.8) is 0 Å². The lowest BCUT2D eigenvalue weighted by Crippen LogP contribution is -2.41. The van der Waals surface area contributed by atoms with E-state index < -0.39 is 21.8 Å². The molecule has 0 aliphatic rings. The lowest BCUT2D eigenvalue weighted by Gasteiger charge is -2.21. The van der Waals surface area contributed by atoms with Crippen molar-refractivity contribution in [1.29, 1.82) is 0 Å². The Labute approximate surface area is 286 Å². The number of nitrogens with zero attached hydrogens (tertiary/aromatic N) is 2. The minimum atomic E-state index is -4.60. The molecule has 0 spiro atoms. The van der Waals surface area contributed by atoms with Crippen LogP contribution < -0.4 is 5.32 Å². The van der Waals surface area contributed by atoms with Crippen LogP contribution in [0.4, 0.5) is 0 Å². The molecule has 3 aromatic rings. The Morgan fingerprint density at radius 3 is 1.83 bits per heavy atom. The van der Waals surface area contributed by atoms with Gasteiger partial charge in [-0.1, -0.05) is 114 Å². The number of carbonyl (C=O) groups is 3. The summed E-state index contributed by atoms with van der Waals surface area (Å²) in [5.41, 5.74) is 1.54. The predicted molar refractivity (Wildman–Crippen MR) is 188 cm³/mol. The van der Waals surface area contributed by atoms with Crippen molar-refractivity contribution in [3.8, 4) is 0 Å². The molecule has 0 unspecified atom stereocenters. The summed E-state index contributed by atoms with van der Waals surface area (Å²) in [5, 5.41) is 12.1. The first-order chi connectivity index (χ1) is 23.3. The summed E-state index contributed by atoms with van der Waals surface area (Å²) in [6.07, 6.45) is 16.3. The van der Waals surface area contributed by atoms with Crippen molar-refractivity contribution in [2.75, 3.05) is 6.54 Å². The summed E-state index contributed by atoms with van der Waals surface area (Å²) in [4.78, 5) is 43.3. The van der Waals surface area contributed by atoms with Gasteiger partial charge in [0, 0.05) is 24.7 Å². The van der Waals surface area contributed by atoms with Crippen LogP contribution in [-0.4, -0.2) is 47.1 Å². The van der Waals surface area contributed by atoms with Gasteiger partial charge >= 0.3 is 0 Å². The van der Waals surface area contributed by atoms with Crippen LogP contribution in [0.2, 0.25) is 0 Å². The molecule has 0 fully saturated rings. The molecule has 3 rings (SSSR count). The first kappa shape index (κ1) is 38.6. The highest BCUT2D eigenvalue weighted by Crippen LogP contribution is 2.22. The SMILES string of the molecule is CCCCCCCCCCCCCCCC(=O)N(C(=O)c1ccc(CO)nc1)S(=O)(=O)c1ccc(C(=O)NCCc2ccccc2)cc1. The molecule has 260 valence electrons. The van der Waals surface area contributed by atoms with Crippen LogP contribution in [0.1, 0.15) is 129 Å². The summed E-state index contributed by atoms with van der Waals surface area (Å²) >= 11 is 0. The standard InChI is InChI=1S/C38H51N3O6S/c1-2-3-4-5-6-7-8-9-10-11-12-13-17-20-36(43)41(38(45)33-21-24-34(30-42)40-29-33)48(46,47)35-25-22-32(23-26-35)37(44)39-28-27-31-18-15-14-16-19-31/h14-16,18-19,21-26,29,42H,2-13,17,20,27-28,30H2,1H3,(H,39,44). The van der Waals surface area contributed by atoms with E-state index >= 15 is 0 Å². The van der Waals surface area contributed by atoms with Gasteiger partial charge in [-0.25, -0.2) is 8.42 Å². The van der Waals surface area contributed by atoms with Gasteiger partial charge in [-0.3, -0.25) is 19.4 Å². The van der Waals surface area contributed by atoms with Crippen LogP contribution in [-0.2, 0) is 27.8 Å². The largest absolute Gasteiger partial charge is 0.390 e. The first-order valence-electron chi connectivity index (χ1n) is 17.4. The van der Waals surface area contributed by atoms with Gasteiger partial charge in [0.05, 0.1) is 22.8 Å². The minimum Gasteiger partial charge on any atom is -0.390 e. The van der Waals surface area contributed by atoms with Crippen molar-refractivity contribution in [2.45, 2.75) is 115 Å². The third-order valence-corrected chi connectivity index (χ3v) is 10.1. The van der Waals surface area contributed by atoms with Crippen molar-refractivity contribution in [1.82, 2.24) is 14.6 Å². The Hall–Kier alpha value is -3.89. The van der Waals surface area contributed by atoms with Crippen LogP contribution in [0, 0.1) is 0 Å². The van der Waals surface area contributed by atoms with Gasteiger partial charge in [0.15, 0.2) is 0 Å². The summed E-state index contributed by atoms with van der Waals surface area (Å²) in [5.74, 6) is -2.21. The lowest BCUT2D eigenvalue weighted by atomic mass is 10.0. The topological polar surface area (TPSA) is 134 Å². The third kappa shape index (κ3) is 12.6. The van der Waals surface area contributed by atoms with Gasteiger partial charge < -0.3 is 10.4 Å². The van der Waals surface area contributed by atoms with Gasteiger partial charge in [0.25, 0.3) is 21.8 Å². The van der Waals surface area contributed by atoms with E-state index in [-0.39, 0.29) is 35.0 Å². The fourth-order valence-electron chi connectivity index (χ4n) is 5.46. The molecule has 0 atom stereocenters. The molecule has 2 N–H and O–H groups in total. The number of hydrogen-bond donors (Lipinski definition) is 2. The number of aliphatic hydroxyl groups excluding tert-OH is 1. The van der Waals surface area contributed by atoms with Crippen molar-refractivity contribution in [2.24, 2.45) is 0 Å². The average Bonchev–Trinajstić information content (AvgIpc) is 3.10. The van der Waals surface area contributed by atoms with E-state index in [9.17, 15) is 27.9 Å². The van der Waals surface area contributed by atoms with E-state index in [1.165, 1.54) is 87.8 Å². The second-order valence-corrected chi connectivity index (χ2v) is 14.0. The zero-order chi connectivity index (χ0) is 34.6. The molecule has 10 heteroatoms. The average molecular weight is 678 g/mol. The number of nitrogens with one attached hydrogen (secondary N) is 1. The summed E-state index contributed by atoms with van der Waals surface area (Å²) in [6.45, 7) is 2.28. The van der Waals surface area contributed by atoms with Gasteiger partial charge in [-0.2, -0.15) is 4.31 Å². The number of unbranched alkanes of at least 4 members (excludes halogenated alkanes) is 12. The quantitative estimate of drug-likeness (QED) is 0.106. The van der Waals surface area contributed by atoms with Gasteiger partial charge in [0.1, 0.15) is 0 Å². The number of rotatable bonds is 22. The molecule has 1 aromatic heterocycles. The predicted octanol–water partition coefficient (Wildman–Crippen LogP) is 7.39. The number of aromatic nitrogens is 1. The number of imide groups is 1. The van der Waals surface area contributed by atoms with Crippen LogP contribution in [0.25, 0.3) is 0 Å². The summed E-state index contributed by atoms with van der Waals surface area (Å²) < 4.78 is 27.9. The Bertz CT molecular complexity index is 1510. The normalized spacial score (nSPS) is 11.3. The molecule has 48 heavy (non-hydrogen) atoms. The maximum Gasteiger partial charge on any atom is 0.276 e. The van der Waals surface area contributed by atoms with Crippen molar-refractivity contribution >= 4 is 27.7 Å². The highest BCUT2D eigenvalue weighted by atomic mass is 32.2. The van der Waals surface area contributed by atoms with Crippen LogP contribution in [0.5, 0.6) is 0 Å². The molecule has 1 heterocycles. The van der Waals surface area contributed by atoms with E-state index in [0.29, 0.717) is 29.4 Å². The molecule has 0 saturated carbocycles. The Kier molecular flexibility index (Phi) is 17.0. The number of carbonyl (C=O) groups excluding carboxylic acids is 3. The fraction of sp³-hybridized carbons (Fsp3) is 0.474. The number of aliphatic hydroxyl groups is 1. The summed E-state index contributed by atoms with van der Waals surface area (Å²) in [7, 11) is -4.60. The van der Waals surface area contributed by atoms with E-state index in [0.717, 1.165) is 37.4 Å². The maximum absolute atomic E-state index is 13.8. The van der Waals surface area contributed by atoms with E-state index in [2.05, 4.69) is 17.2 Å². The Morgan fingerprint density at radius 1 is 0.729 bits per heavy atom. The minimum absolute atomic E-state index is 0.0936. The molecule has 0 bridgehead atoms. The van der Waals surface area contributed by atoms with Gasteiger partial charge in [-0.05, 0) is 54.8 Å². The van der Waals surface area contributed by atoms with E-state index in [4.69, 9.17) is 0 Å². The highest BCUT2D eigenvalue weighted by molar-refractivity contribution is 7.90. The third-order valence-electron chi connectivity index (χ3n) is 8.34. The molecular formula is C38H51N3O6S. The maximum atomic E-state index is 13.8. The molecule has 3 amide bonds. The Morgan fingerprint density at radius 2 is 1.29 bits per heavy atom. The number of amides is 3. The molecule has 0 aliphatic heterocycles. The second kappa shape index (κ2) is 21.2. The molecule has 0 saturated heterocycles. The molecular weight excluding hydrogens is 626 g/mol. The second-order valence-electron chi connectivity index (χ2n) is 12.2. The van der Waals surface area contributed by atoms with E-state index in [1.807, 2.05) is 30.3 Å². The number of hydrogen-bond acceptors (Lipinski definition) is 7. The zero-order valence-corrected chi connectivity index (χ0v) is 29.1. The highest BCUT2D eigenvalue weighted by Gasteiger charge is 2.35. The number of sulfonamides is 1. The van der Waals surface area contributed by atoms with Crippen molar-refractivity contribution < 1.29 is 27.9 Å². The fourth-order valence-corrected chi connectivity index (χ4v) is 6.84. The smallest absolute Gasteiger partial charge is 0.276 e. The van der Waals surface area contributed by atoms with Crippen LogP contribution in [0.15, 0.2) is 77.8 Å². The first-order valence-corrected chi connectivity index (χ1v) is 18.8. The van der Waals surface area contributed by atoms with Crippen LogP contribution in [0.3, 0.4) is 0 Å². The van der Waals surface area contributed by atoms with Crippen LogP contribution >= 0.6 is 0 Å². The Balaban J connectivity index is 1.58. The summed E-state index contributed by atoms with van der Waals surface area (Å²) in [6, 6.07) is 17.6. The number of pyridine rings is 1. The lowest BCUT2D eigenvalue weighted by molar-refractivity contribution is -0.124. The van der Waals surface area contributed by atoms with E-state index in [1.54, 1.807) is 0 Å². The zero-order valence-electron chi connectivity index (χ0n) is 28.2. The molecule has 0 radical (unpaired) electrons. The molecule has 2 aromatic carbocycles. The van der Waals surface area contributed by atoms with Crippen molar-refractivity contribution in [3.05, 3.63) is 95.3 Å².